The molecule has 2 aliphatic rings. The maximum Gasteiger partial charge on any atom is 0.335 e. The lowest BCUT2D eigenvalue weighted by Gasteiger charge is -2.15. The van der Waals surface area contributed by atoms with Crippen molar-refractivity contribution in [2.45, 2.75) is 25.4 Å². The van der Waals surface area contributed by atoms with Gasteiger partial charge in [0, 0.05) is 29.6 Å². The van der Waals surface area contributed by atoms with E-state index in [9.17, 15) is 19.1 Å². The molecule has 3 heterocycles. The Balaban J connectivity index is 1.33. The van der Waals surface area contributed by atoms with E-state index >= 15 is 0 Å². The lowest BCUT2D eigenvalue weighted by Crippen LogP contribution is -2.24. The summed E-state index contributed by atoms with van der Waals surface area (Å²) in [6.45, 7) is 0.347. The second-order valence-corrected chi connectivity index (χ2v) is 8.53. The van der Waals surface area contributed by atoms with Crippen LogP contribution < -0.4 is 4.90 Å². The van der Waals surface area contributed by atoms with Crippen LogP contribution in [0.2, 0.25) is 0 Å². The van der Waals surface area contributed by atoms with Crippen LogP contribution in [-0.4, -0.2) is 31.5 Å². The monoisotopic (exact) mass is 454 g/mol. The lowest BCUT2D eigenvalue weighted by molar-refractivity contribution is 0.0696. The predicted octanol–water partition coefficient (Wildman–Crippen LogP) is 4.94. The molecule has 4 aromatic rings. The quantitative estimate of drug-likeness (QED) is 0.461. The van der Waals surface area contributed by atoms with E-state index in [0.717, 1.165) is 30.3 Å². The minimum Gasteiger partial charge on any atom is -0.478 e. The molecule has 2 aromatic carbocycles. The average Bonchev–Trinajstić information content (AvgIpc) is 3.48. The average molecular weight is 454 g/mol. The van der Waals surface area contributed by atoms with Crippen molar-refractivity contribution in [3.63, 3.8) is 0 Å². The normalized spacial score (nSPS) is 15.0. The van der Waals surface area contributed by atoms with Crippen molar-refractivity contribution in [1.82, 2.24) is 14.5 Å². The number of amides is 1. The second-order valence-electron chi connectivity index (χ2n) is 8.53. The van der Waals surface area contributed by atoms with Crippen LogP contribution in [0.15, 0.2) is 67.0 Å². The smallest absolute Gasteiger partial charge is 0.335 e. The fraction of sp³-hybridized carbons (Fsp3) is 0.154. The first-order chi connectivity index (χ1) is 16.5. The van der Waals surface area contributed by atoms with Gasteiger partial charge < -0.3 is 9.67 Å². The first kappa shape index (κ1) is 20.3. The number of hydrogen-bond donors (Lipinski definition) is 1. The Morgan fingerprint density at radius 1 is 1.06 bits per heavy atom. The van der Waals surface area contributed by atoms with E-state index in [2.05, 4.69) is 9.55 Å². The molecule has 0 atom stereocenters. The third-order valence-corrected chi connectivity index (χ3v) is 6.29. The van der Waals surface area contributed by atoms with Gasteiger partial charge in [0.1, 0.15) is 17.3 Å². The molecule has 1 amide bonds. The number of carboxylic acid groups (broad SMARTS) is 1. The van der Waals surface area contributed by atoms with Crippen molar-refractivity contribution < 1.29 is 19.1 Å². The Kier molecular flexibility index (Phi) is 4.55. The van der Waals surface area contributed by atoms with E-state index in [0.29, 0.717) is 35.2 Å². The number of anilines is 1. The number of hydrogen-bond acceptors (Lipinski definition) is 4. The van der Waals surface area contributed by atoms with E-state index in [1.54, 1.807) is 35.4 Å². The van der Waals surface area contributed by atoms with Gasteiger partial charge in [-0.2, -0.15) is 0 Å². The third kappa shape index (κ3) is 3.35. The highest BCUT2D eigenvalue weighted by atomic mass is 19.1. The molecular weight excluding hydrogens is 435 g/mol. The highest BCUT2D eigenvalue weighted by Gasteiger charge is 2.31. The number of carbonyl (C=O) groups excluding carboxylic acids is 1. The molecule has 2 aromatic heterocycles. The molecule has 1 N–H and O–H groups in total. The van der Waals surface area contributed by atoms with Gasteiger partial charge in [-0.05, 0) is 60.4 Å². The van der Waals surface area contributed by atoms with E-state index in [-0.39, 0.29) is 17.0 Å². The van der Waals surface area contributed by atoms with Gasteiger partial charge in [0.2, 0.25) is 0 Å². The molecule has 0 bridgehead atoms. The summed E-state index contributed by atoms with van der Waals surface area (Å²) in [5.74, 6) is -0.623. The molecule has 168 valence electrons. The molecular formula is C26H19FN4O3. The Hall–Kier alpha value is -4.33. The summed E-state index contributed by atoms with van der Waals surface area (Å²) >= 11 is 0. The van der Waals surface area contributed by atoms with E-state index in [1.165, 1.54) is 12.1 Å². The van der Waals surface area contributed by atoms with E-state index in [1.807, 2.05) is 18.3 Å². The molecule has 0 unspecified atom stereocenters. The Morgan fingerprint density at radius 2 is 1.91 bits per heavy atom. The van der Waals surface area contributed by atoms with Crippen LogP contribution in [0.25, 0.3) is 22.6 Å². The number of aromatic nitrogens is 3. The number of nitrogens with zero attached hydrogens (tertiary/aromatic N) is 4. The maximum atomic E-state index is 14.5. The van der Waals surface area contributed by atoms with E-state index < -0.39 is 11.8 Å². The van der Waals surface area contributed by atoms with Crippen LogP contribution in [0.1, 0.15) is 45.2 Å². The maximum absolute atomic E-state index is 14.5. The van der Waals surface area contributed by atoms with Crippen molar-refractivity contribution >= 4 is 17.7 Å². The van der Waals surface area contributed by atoms with Gasteiger partial charge in [0.05, 0.1) is 12.1 Å². The summed E-state index contributed by atoms with van der Waals surface area (Å²) < 4.78 is 16.6. The Morgan fingerprint density at radius 3 is 2.71 bits per heavy atom. The van der Waals surface area contributed by atoms with Gasteiger partial charge in [-0.25, -0.2) is 19.2 Å². The van der Waals surface area contributed by atoms with Gasteiger partial charge in [-0.15, -0.1) is 0 Å². The molecule has 0 spiro atoms. The standard InChI is InChI=1S/C26H19FN4O3/c27-21-9-6-16(26(33)34)13-19(21)15-4-5-17-14-31(25(32)20(17)12-15)23-3-1-2-22(29-23)24-28-10-11-30(24)18-7-8-18/h1-6,9-13,18H,7-8,14H2,(H,33,34). The lowest BCUT2D eigenvalue weighted by atomic mass is 9.98. The van der Waals surface area contributed by atoms with Gasteiger partial charge >= 0.3 is 5.97 Å². The molecule has 1 saturated carbocycles. The number of carboxylic acids is 1. The van der Waals surface area contributed by atoms with Crippen LogP contribution >= 0.6 is 0 Å². The van der Waals surface area contributed by atoms with Gasteiger partial charge in [0.25, 0.3) is 5.91 Å². The first-order valence-electron chi connectivity index (χ1n) is 11.0. The number of pyridine rings is 1. The largest absolute Gasteiger partial charge is 0.478 e. The molecule has 0 radical (unpaired) electrons. The molecule has 8 heteroatoms. The number of rotatable bonds is 5. The molecule has 1 aliphatic heterocycles. The Labute approximate surface area is 194 Å². The fourth-order valence-corrected chi connectivity index (χ4v) is 4.39. The highest BCUT2D eigenvalue weighted by Crippen LogP contribution is 2.38. The van der Waals surface area contributed by atoms with Crippen molar-refractivity contribution in [1.29, 1.82) is 0 Å². The van der Waals surface area contributed by atoms with Gasteiger partial charge in [-0.3, -0.25) is 9.69 Å². The van der Waals surface area contributed by atoms with E-state index in [4.69, 9.17) is 4.98 Å². The number of imidazole rings is 1. The first-order valence-corrected chi connectivity index (χ1v) is 11.0. The fourth-order valence-electron chi connectivity index (χ4n) is 4.39. The molecule has 34 heavy (non-hydrogen) atoms. The van der Waals surface area contributed by atoms with Crippen LogP contribution in [0.4, 0.5) is 10.2 Å². The highest BCUT2D eigenvalue weighted by molar-refractivity contribution is 6.10. The molecule has 7 nitrogen and oxygen atoms in total. The SMILES string of the molecule is O=C(O)c1ccc(F)c(-c2ccc3c(c2)C(=O)N(c2cccc(-c4nccn4C4CC4)n2)C3)c1. The minimum atomic E-state index is -1.14. The van der Waals surface area contributed by atoms with Crippen molar-refractivity contribution in [3.8, 4) is 22.6 Å². The van der Waals surface area contributed by atoms with Crippen molar-refractivity contribution in [2.75, 3.05) is 4.90 Å². The number of aromatic carboxylic acids is 1. The van der Waals surface area contributed by atoms with Crippen LogP contribution in [0.3, 0.4) is 0 Å². The van der Waals surface area contributed by atoms with Gasteiger partial charge in [-0.1, -0.05) is 18.2 Å². The van der Waals surface area contributed by atoms with Crippen molar-refractivity contribution in [3.05, 3.63) is 89.5 Å². The summed E-state index contributed by atoms with van der Waals surface area (Å²) in [6, 6.07) is 14.7. The number of fused-ring (bicyclic) bond motifs is 1. The molecule has 6 rings (SSSR count). The summed E-state index contributed by atoms with van der Waals surface area (Å²) in [4.78, 5) is 35.4. The predicted molar refractivity (Wildman–Crippen MR) is 123 cm³/mol. The topological polar surface area (TPSA) is 88.3 Å². The second kappa shape index (κ2) is 7.62. The number of halogens is 1. The zero-order chi connectivity index (χ0) is 23.4. The summed E-state index contributed by atoms with van der Waals surface area (Å²) in [5.41, 5.74) is 2.52. The van der Waals surface area contributed by atoms with Crippen LogP contribution in [0.5, 0.6) is 0 Å². The molecule has 1 aliphatic carbocycles. The summed E-state index contributed by atoms with van der Waals surface area (Å²) in [7, 11) is 0. The number of carbonyl (C=O) groups is 2. The minimum absolute atomic E-state index is 0.0181. The summed E-state index contributed by atoms with van der Waals surface area (Å²) in [5, 5.41) is 9.25. The summed E-state index contributed by atoms with van der Waals surface area (Å²) in [6.07, 6.45) is 5.97. The molecule has 0 saturated heterocycles. The van der Waals surface area contributed by atoms with Crippen LogP contribution in [-0.2, 0) is 6.54 Å². The van der Waals surface area contributed by atoms with Gasteiger partial charge in [0.15, 0.2) is 5.82 Å². The zero-order valence-corrected chi connectivity index (χ0v) is 18.0. The Bertz CT molecular complexity index is 1470. The van der Waals surface area contributed by atoms with Crippen molar-refractivity contribution in [2.24, 2.45) is 0 Å². The molecule has 1 fully saturated rings. The third-order valence-electron chi connectivity index (χ3n) is 6.29. The zero-order valence-electron chi connectivity index (χ0n) is 18.0. The number of benzene rings is 2. The van der Waals surface area contributed by atoms with Crippen LogP contribution in [0, 0.1) is 5.82 Å².